The first-order valence-corrected chi connectivity index (χ1v) is 16.2. The predicted molar refractivity (Wildman–Crippen MR) is 189 cm³/mol. The number of hydrogen-bond donors (Lipinski definition) is 0. The molecule has 45 heavy (non-hydrogen) atoms. The fraction of sp³-hybridized carbons (Fsp3) is 0.136. The van der Waals surface area contributed by atoms with Crippen molar-refractivity contribution in [1.82, 2.24) is 0 Å². The van der Waals surface area contributed by atoms with Crippen molar-refractivity contribution in [2.24, 2.45) is 0 Å². The summed E-state index contributed by atoms with van der Waals surface area (Å²) in [7, 11) is 0. The van der Waals surface area contributed by atoms with Crippen LogP contribution in [0.2, 0.25) is 0 Å². The molecule has 0 aliphatic heterocycles. The molecule has 0 N–H and O–H groups in total. The van der Waals surface area contributed by atoms with Gasteiger partial charge in [-0.05, 0) is 85.5 Å². The van der Waals surface area contributed by atoms with Gasteiger partial charge in [0.15, 0.2) is 0 Å². The van der Waals surface area contributed by atoms with E-state index in [1.165, 1.54) is 71.3 Å². The summed E-state index contributed by atoms with van der Waals surface area (Å²) >= 11 is 0. The van der Waals surface area contributed by atoms with Crippen LogP contribution >= 0.6 is 0 Å². The standard InChI is InChI=1S/C44H34O/c1-3-44(2)38-18-8-6-14-35(38)42-33(16-10-19-39(42)44)37(34-17-11-21-41-43(34)36-15-7-9-20-40(36)45-41)27-28-22-25-32-30(26-28)24-23-29-12-4-5-13-31(29)32/h4-26,37H,3,27H2,1-2H3. The molecule has 0 saturated heterocycles. The average molecular weight is 579 g/mol. The van der Waals surface area contributed by atoms with Crippen molar-refractivity contribution in [1.29, 1.82) is 0 Å². The molecule has 2 unspecified atom stereocenters. The van der Waals surface area contributed by atoms with Crippen LogP contribution in [0.25, 0.3) is 54.6 Å². The van der Waals surface area contributed by atoms with Crippen LogP contribution in [0.1, 0.15) is 54.0 Å². The van der Waals surface area contributed by atoms with Crippen LogP contribution in [0.4, 0.5) is 0 Å². The SMILES string of the molecule is CCC1(C)c2ccccc2-c2c(C(Cc3ccc4c(ccc5ccccc54)c3)c3cccc4oc5ccccc5c34)cccc21. The van der Waals surface area contributed by atoms with Gasteiger partial charge >= 0.3 is 0 Å². The van der Waals surface area contributed by atoms with Crippen LogP contribution in [0.15, 0.2) is 144 Å². The second-order valence-electron chi connectivity index (χ2n) is 12.9. The van der Waals surface area contributed by atoms with Gasteiger partial charge < -0.3 is 4.42 Å². The normalized spacial score (nSPS) is 16.4. The fourth-order valence-electron chi connectivity index (χ4n) is 8.23. The van der Waals surface area contributed by atoms with Gasteiger partial charge in [0, 0.05) is 22.1 Å². The van der Waals surface area contributed by atoms with E-state index in [2.05, 4.69) is 153 Å². The van der Waals surface area contributed by atoms with Gasteiger partial charge in [0.1, 0.15) is 11.2 Å². The second kappa shape index (κ2) is 9.94. The molecule has 1 heteroatoms. The summed E-state index contributed by atoms with van der Waals surface area (Å²) in [6, 6.07) is 51.6. The maximum atomic E-state index is 6.43. The predicted octanol–water partition coefficient (Wildman–Crippen LogP) is 12.0. The third kappa shape index (κ3) is 3.87. The minimum absolute atomic E-state index is 0.00909. The summed E-state index contributed by atoms with van der Waals surface area (Å²) in [5.41, 5.74) is 11.6. The third-order valence-corrected chi connectivity index (χ3v) is 10.6. The summed E-state index contributed by atoms with van der Waals surface area (Å²) in [6.45, 7) is 4.75. The molecule has 7 aromatic carbocycles. The van der Waals surface area contributed by atoms with Gasteiger partial charge in [0.05, 0.1) is 0 Å². The van der Waals surface area contributed by atoms with Gasteiger partial charge in [-0.1, -0.05) is 141 Å². The molecule has 8 aromatic rings. The van der Waals surface area contributed by atoms with Crippen molar-refractivity contribution < 1.29 is 4.42 Å². The number of hydrogen-bond acceptors (Lipinski definition) is 1. The largest absolute Gasteiger partial charge is 0.456 e. The average Bonchev–Trinajstić information content (AvgIpc) is 3.61. The molecular weight excluding hydrogens is 544 g/mol. The maximum absolute atomic E-state index is 6.43. The Morgan fingerprint density at radius 3 is 2.18 bits per heavy atom. The molecule has 1 aliphatic carbocycles. The number of furan rings is 1. The minimum atomic E-state index is -0.00909. The lowest BCUT2D eigenvalue weighted by Crippen LogP contribution is -2.19. The smallest absolute Gasteiger partial charge is 0.135 e. The van der Waals surface area contributed by atoms with E-state index in [4.69, 9.17) is 4.42 Å². The maximum Gasteiger partial charge on any atom is 0.135 e. The summed E-state index contributed by atoms with van der Waals surface area (Å²) < 4.78 is 6.43. The van der Waals surface area contributed by atoms with Crippen LogP contribution in [0, 0.1) is 0 Å². The Hall–Kier alpha value is -5.14. The first-order valence-electron chi connectivity index (χ1n) is 16.2. The Morgan fingerprint density at radius 2 is 1.27 bits per heavy atom. The third-order valence-electron chi connectivity index (χ3n) is 10.6. The Kier molecular flexibility index (Phi) is 5.80. The van der Waals surface area contributed by atoms with Crippen molar-refractivity contribution in [3.8, 4) is 11.1 Å². The lowest BCUT2D eigenvalue weighted by molar-refractivity contribution is 0.564. The highest BCUT2D eigenvalue weighted by molar-refractivity contribution is 6.08. The fourth-order valence-corrected chi connectivity index (χ4v) is 8.23. The van der Waals surface area contributed by atoms with Crippen molar-refractivity contribution in [2.75, 3.05) is 0 Å². The van der Waals surface area contributed by atoms with Crippen molar-refractivity contribution >= 4 is 43.5 Å². The quantitative estimate of drug-likeness (QED) is 0.185. The van der Waals surface area contributed by atoms with Gasteiger partial charge in [-0.3, -0.25) is 0 Å². The van der Waals surface area contributed by atoms with Crippen LogP contribution in [-0.2, 0) is 11.8 Å². The molecule has 1 nitrogen and oxygen atoms in total. The van der Waals surface area contributed by atoms with E-state index < -0.39 is 0 Å². The highest BCUT2D eigenvalue weighted by Gasteiger charge is 2.40. The van der Waals surface area contributed by atoms with E-state index in [0.29, 0.717) is 0 Å². The number of benzene rings is 7. The Morgan fingerprint density at radius 1 is 0.578 bits per heavy atom. The molecular formula is C44H34O. The minimum Gasteiger partial charge on any atom is -0.456 e. The van der Waals surface area contributed by atoms with E-state index in [9.17, 15) is 0 Å². The Balaban J connectivity index is 1.30. The monoisotopic (exact) mass is 578 g/mol. The molecule has 0 bridgehead atoms. The summed E-state index contributed by atoms with van der Waals surface area (Å²) in [5.74, 6) is 0.134. The van der Waals surface area contributed by atoms with E-state index in [1.54, 1.807) is 0 Å². The molecule has 0 radical (unpaired) electrons. The first kappa shape index (κ1) is 26.3. The topological polar surface area (TPSA) is 13.1 Å². The lowest BCUT2D eigenvalue weighted by Gasteiger charge is -2.27. The van der Waals surface area contributed by atoms with Gasteiger partial charge in [-0.25, -0.2) is 0 Å². The first-order chi connectivity index (χ1) is 22.1. The van der Waals surface area contributed by atoms with Crippen LogP contribution in [-0.4, -0.2) is 0 Å². The van der Waals surface area contributed by atoms with Crippen LogP contribution < -0.4 is 0 Å². The molecule has 1 aliphatic rings. The molecule has 1 heterocycles. The highest BCUT2D eigenvalue weighted by atomic mass is 16.3. The summed E-state index contributed by atoms with van der Waals surface area (Å²) in [5, 5.41) is 7.61. The number of rotatable bonds is 5. The van der Waals surface area contributed by atoms with Gasteiger partial charge in [-0.2, -0.15) is 0 Å². The van der Waals surface area contributed by atoms with E-state index >= 15 is 0 Å². The van der Waals surface area contributed by atoms with Crippen molar-refractivity contribution in [3.63, 3.8) is 0 Å². The van der Waals surface area contributed by atoms with E-state index in [-0.39, 0.29) is 11.3 Å². The molecule has 9 rings (SSSR count). The highest BCUT2D eigenvalue weighted by Crippen LogP contribution is 2.54. The van der Waals surface area contributed by atoms with Gasteiger partial charge in [0.2, 0.25) is 0 Å². The Labute approximate surface area is 263 Å². The van der Waals surface area contributed by atoms with Gasteiger partial charge in [0.25, 0.3) is 0 Å². The van der Waals surface area contributed by atoms with Crippen molar-refractivity contribution in [3.05, 3.63) is 167 Å². The van der Waals surface area contributed by atoms with Crippen LogP contribution in [0.5, 0.6) is 0 Å². The summed E-state index contributed by atoms with van der Waals surface area (Å²) in [4.78, 5) is 0. The second-order valence-corrected chi connectivity index (χ2v) is 12.9. The zero-order chi connectivity index (χ0) is 30.1. The van der Waals surface area contributed by atoms with Crippen LogP contribution in [0.3, 0.4) is 0 Å². The van der Waals surface area contributed by atoms with E-state index in [1.807, 2.05) is 0 Å². The number of para-hydroxylation sites is 1. The molecule has 0 spiro atoms. The molecule has 0 saturated carbocycles. The summed E-state index contributed by atoms with van der Waals surface area (Å²) in [6.07, 6.45) is 1.95. The van der Waals surface area contributed by atoms with Crippen molar-refractivity contribution in [2.45, 2.75) is 38.0 Å². The molecule has 0 fully saturated rings. The molecule has 1 aromatic heterocycles. The zero-order valence-electron chi connectivity index (χ0n) is 25.7. The molecule has 0 amide bonds. The lowest BCUT2D eigenvalue weighted by atomic mass is 9.76. The zero-order valence-corrected chi connectivity index (χ0v) is 25.7. The molecule has 2 atom stereocenters. The Bertz CT molecular complexity index is 2430. The van der Waals surface area contributed by atoms with Gasteiger partial charge in [-0.15, -0.1) is 0 Å². The van der Waals surface area contributed by atoms with E-state index in [0.717, 1.165) is 24.0 Å². The molecule has 216 valence electrons. The number of fused-ring (bicyclic) bond motifs is 9.